The molecule has 1 saturated carbocycles. The number of amides is 1. The van der Waals surface area contributed by atoms with E-state index in [0.717, 1.165) is 13.1 Å². The van der Waals surface area contributed by atoms with Crippen molar-refractivity contribution in [2.24, 2.45) is 5.41 Å². The van der Waals surface area contributed by atoms with Gasteiger partial charge < -0.3 is 15.4 Å². The van der Waals surface area contributed by atoms with Gasteiger partial charge in [-0.05, 0) is 24.7 Å². The minimum absolute atomic E-state index is 0.104. The largest absolute Gasteiger partial charge is 0.378 e. The van der Waals surface area contributed by atoms with Crippen LogP contribution >= 0.6 is 0 Å². The quantitative estimate of drug-likeness (QED) is 0.755. The Hall–Kier alpha value is -0.610. The minimum Gasteiger partial charge on any atom is -0.378 e. The van der Waals surface area contributed by atoms with Crippen LogP contribution in [0.2, 0.25) is 0 Å². The molecule has 0 radical (unpaired) electrons. The molecule has 0 aromatic rings. The van der Waals surface area contributed by atoms with Crippen LogP contribution in [0.25, 0.3) is 0 Å². The third-order valence-electron chi connectivity index (χ3n) is 4.07. The summed E-state index contributed by atoms with van der Waals surface area (Å²) in [5, 5.41) is 6.28. The van der Waals surface area contributed by atoms with E-state index in [4.69, 9.17) is 4.74 Å². The van der Waals surface area contributed by atoms with Gasteiger partial charge in [-0.25, -0.2) is 0 Å². The summed E-state index contributed by atoms with van der Waals surface area (Å²) in [6, 6.07) is -0.150. The Balaban J connectivity index is 1.74. The fraction of sp³-hybridized carbons (Fsp3) is 0.923. The van der Waals surface area contributed by atoms with E-state index >= 15 is 0 Å². The highest BCUT2D eigenvalue weighted by Crippen LogP contribution is 2.44. The predicted molar refractivity (Wildman–Crippen MR) is 66.8 cm³/mol. The fourth-order valence-electron chi connectivity index (χ4n) is 2.85. The van der Waals surface area contributed by atoms with Gasteiger partial charge in [0.05, 0.1) is 13.2 Å². The molecule has 2 N–H and O–H groups in total. The maximum absolute atomic E-state index is 11.9. The van der Waals surface area contributed by atoms with Crippen LogP contribution in [0, 0.1) is 5.41 Å². The Bertz CT molecular complexity index is 258. The number of rotatable bonds is 5. The van der Waals surface area contributed by atoms with Gasteiger partial charge in [-0.3, -0.25) is 4.79 Å². The first-order valence-corrected chi connectivity index (χ1v) is 6.85. The molecule has 1 heterocycles. The summed E-state index contributed by atoms with van der Waals surface area (Å²) in [5.41, 5.74) is 0.403. The zero-order valence-electron chi connectivity index (χ0n) is 10.8. The Morgan fingerprint density at radius 2 is 2.35 bits per heavy atom. The molecular formula is C13H24N2O2. The van der Waals surface area contributed by atoms with Crippen molar-refractivity contribution in [1.82, 2.24) is 10.6 Å². The van der Waals surface area contributed by atoms with Gasteiger partial charge in [-0.2, -0.15) is 0 Å². The first kappa shape index (κ1) is 12.8. The van der Waals surface area contributed by atoms with Crippen LogP contribution in [0.1, 0.15) is 39.0 Å². The summed E-state index contributed by atoms with van der Waals surface area (Å²) in [6.45, 7) is 5.06. The molecule has 1 aliphatic heterocycles. The molecule has 2 rings (SSSR count). The number of ether oxygens (including phenoxy) is 1. The Labute approximate surface area is 103 Å². The lowest BCUT2D eigenvalue weighted by Gasteiger charge is -2.42. The van der Waals surface area contributed by atoms with Crippen molar-refractivity contribution in [2.75, 3.05) is 26.3 Å². The summed E-state index contributed by atoms with van der Waals surface area (Å²) >= 11 is 0. The summed E-state index contributed by atoms with van der Waals surface area (Å²) in [7, 11) is 0. The summed E-state index contributed by atoms with van der Waals surface area (Å²) in [6.07, 6.45) is 6.31. The van der Waals surface area contributed by atoms with E-state index in [-0.39, 0.29) is 11.9 Å². The molecule has 1 aliphatic carbocycles. The van der Waals surface area contributed by atoms with Crippen LogP contribution in [-0.4, -0.2) is 38.3 Å². The van der Waals surface area contributed by atoms with E-state index in [0.29, 0.717) is 18.6 Å². The van der Waals surface area contributed by atoms with E-state index in [1.807, 2.05) is 0 Å². The summed E-state index contributed by atoms with van der Waals surface area (Å²) in [5.74, 6) is 0.104. The van der Waals surface area contributed by atoms with Crippen LogP contribution in [0.5, 0.6) is 0 Å². The van der Waals surface area contributed by atoms with E-state index in [2.05, 4.69) is 17.6 Å². The zero-order chi connectivity index (χ0) is 12.1. The van der Waals surface area contributed by atoms with Gasteiger partial charge in [0.15, 0.2) is 0 Å². The lowest BCUT2D eigenvalue weighted by atomic mass is 9.66. The van der Waals surface area contributed by atoms with E-state index in [9.17, 15) is 4.79 Å². The van der Waals surface area contributed by atoms with E-state index in [1.165, 1.54) is 32.1 Å². The zero-order valence-corrected chi connectivity index (χ0v) is 10.8. The third-order valence-corrected chi connectivity index (χ3v) is 4.07. The van der Waals surface area contributed by atoms with Crippen LogP contribution in [0.3, 0.4) is 0 Å². The standard InChI is InChI=1S/C13H24N2O2/c1-2-4-13(5-3-6-13)10-15-12(16)11-9-17-8-7-14-11/h11,14H,2-10H2,1H3,(H,15,16). The van der Waals surface area contributed by atoms with Crippen molar-refractivity contribution >= 4 is 5.91 Å². The number of hydrogen-bond acceptors (Lipinski definition) is 3. The average molecular weight is 240 g/mol. The monoisotopic (exact) mass is 240 g/mol. The molecule has 2 fully saturated rings. The highest BCUT2D eigenvalue weighted by atomic mass is 16.5. The lowest BCUT2D eigenvalue weighted by Crippen LogP contribution is -2.53. The number of carbonyl (C=O) groups excluding carboxylic acids is 1. The van der Waals surface area contributed by atoms with Gasteiger partial charge in [0.25, 0.3) is 0 Å². The molecule has 0 bridgehead atoms. The lowest BCUT2D eigenvalue weighted by molar-refractivity contribution is -0.126. The highest BCUT2D eigenvalue weighted by Gasteiger charge is 2.36. The maximum Gasteiger partial charge on any atom is 0.239 e. The van der Waals surface area contributed by atoms with E-state index in [1.54, 1.807) is 0 Å². The van der Waals surface area contributed by atoms with Gasteiger partial charge in [0.2, 0.25) is 5.91 Å². The van der Waals surface area contributed by atoms with Gasteiger partial charge in [-0.15, -0.1) is 0 Å². The molecule has 17 heavy (non-hydrogen) atoms. The molecular weight excluding hydrogens is 216 g/mol. The van der Waals surface area contributed by atoms with Crippen LogP contribution in [0.4, 0.5) is 0 Å². The number of morpholine rings is 1. The molecule has 1 atom stereocenters. The second-order valence-electron chi connectivity index (χ2n) is 5.40. The summed E-state index contributed by atoms with van der Waals surface area (Å²) in [4.78, 5) is 11.9. The Kier molecular flexibility index (Phi) is 4.40. The molecule has 4 nitrogen and oxygen atoms in total. The van der Waals surface area contributed by atoms with Crippen molar-refractivity contribution < 1.29 is 9.53 Å². The van der Waals surface area contributed by atoms with Crippen molar-refractivity contribution in [1.29, 1.82) is 0 Å². The molecule has 0 aromatic carbocycles. The van der Waals surface area contributed by atoms with Crippen molar-refractivity contribution in [2.45, 2.75) is 45.1 Å². The molecule has 0 aromatic heterocycles. The number of carbonyl (C=O) groups is 1. The number of nitrogens with one attached hydrogen (secondary N) is 2. The topological polar surface area (TPSA) is 50.4 Å². The molecule has 0 spiro atoms. The third kappa shape index (κ3) is 3.19. The first-order chi connectivity index (χ1) is 8.26. The van der Waals surface area contributed by atoms with Crippen LogP contribution in [0.15, 0.2) is 0 Å². The van der Waals surface area contributed by atoms with Gasteiger partial charge in [0, 0.05) is 13.1 Å². The van der Waals surface area contributed by atoms with Crippen molar-refractivity contribution in [3.8, 4) is 0 Å². The molecule has 2 aliphatic rings. The second kappa shape index (κ2) is 5.83. The summed E-state index contributed by atoms with van der Waals surface area (Å²) < 4.78 is 5.30. The van der Waals surface area contributed by atoms with Crippen LogP contribution in [-0.2, 0) is 9.53 Å². The van der Waals surface area contributed by atoms with Crippen molar-refractivity contribution in [3.05, 3.63) is 0 Å². The normalized spacial score (nSPS) is 27.2. The molecule has 98 valence electrons. The SMILES string of the molecule is CCCC1(CNC(=O)C2COCCN2)CCC1. The average Bonchev–Trinajstić information content (AvgIpc) is 2.33. The molecule has 1 saturated heterocycles. The van der Waals surface area contributed by atoms with Crippen LogP contribution < -0.4 is 10.6 Å². The van der Waals surface area contributed by atoms with Gasteiger partial charge in [-0.1, -0.05) is 19.8 Å². The maximum atomic E-state index is 11.9. The molecule has 4 heteroatoms. The van der Waals surface area contributed by atoms with Gasteiger partial charge in [0.1, 0.15) is 6.04 Å². The molecule has 1 unspecified atom stereocenters. The Morgan fingerprint density at radius 1 is 1.53 bits per heavy atom. The predicted octanol–water partition coefficient (Wildman–Crippen LogP) is 1.06. The number of hydrogen-bond donors (Lipinski definition) is 2. The highest BCUT2D eigenvalue weighted by molar-refractivity contribution is 5.82. The Morgan fingerprint density at radius 3 is 2.88 bits per heavy atom. The second-order valence-corrected chi connectivity index (χ2v) is 5.40. The smallest absolute Gasteiger partial charge is 0.239 e. The first-order valence-electron chi connectivity index (χ1n) is 6.85. The van der Waals surface area contributed by atoms with E-state index < -0.39 is 0 Å². The fourth-order valence-corrected chi connectivity index (χ4v) is 2.85. The van der Waals surface area contributed by atoms with Crippen molar-refractivity contribution in [3.63, 3.8) is 0 Å². The van der Waals surface area contributed by atoms with Gasteiger partial charge >= 0.3 is 0 Å². The minimum atomic E-state index is -0.150. The molecule has 1 amide bonds.